The molecule has 1 aromatic heterocycles. The summed E-state index contributed by atoms with van der Waals surface area (Å²) in [4.78, 5) is 1.23. The second-order valence-electron chi connectivity index (χ2n) is 5.67. The largest absolute Gasteiger partial charge is 0.496 e. The molecule has 0 N–H and O–H groups in total. The van der Waals surface area contributed by atoms with Crippen molar-refractivity contribution in [2.24, 2.45) is 5.10 Å². The lowest BCUT2D eigenvalue weighted by atomic mass is 10.00. The summed E-state index contributed by atoms with van der Waals surface area (Å²) in [6.07, 6.45) is 0.871. The molecule has 0 aliphatic carbocycles. The highest BCUT2D eigenvalue weighted by Crippen LogP contribution is 2.40. The van der Waals surface area contributed by atoms with Crippen LogP contribution in [0.3, 0.4) is 0 Å². The topological polar surface area (TPSA) is 24.8 Å². The Bertz CT molecular complexity index is 843. The van der Waals surface area contributed by atoms with Crippen molar-refractivity contribution >= 4 is 22.7 Å². The van der Waals surface area contributed by atoms with E-state index < -0.39 is 0 Å². The highest BCUT2D eigenvalue weighted by molar-refractivity contribution is 7.12. The molecule has 1 aliphatic heterocycles. The van der Waals surface area contributed by atoms with Gasteiger partial charge in [0.1, 0.15) is 5.75 Å². The maximum Gasteiger partial charge on any atom is 0.124 e. The monoisotopic (exact) mass is 334 g/mol. The molecule has 24 heavy (non-hydrogen) atoms. The average Bonchev–Trinajstić information content (AvgIpc) is 3.32. The van der Waals surface area contributed by atoms with Gasteiger partial charge in [-0.1, -0.05) is 42.5 Å². The zero-order valence-corrected chi connectivity index (χ0v) is 14.2. The molecule has 2 aromatic carbocycles. The fourth-order valence-electron chi connectivity index (χ4n) is 3.10. The second kappa shape index (κ2) is 6.49. The number of rotatable bonds is 4. The minimum absolute atomic E-state index is 0.139. The zero-order chi connectivity index (χ0) is 16.4. The van der Waals surface area contributed by atoms with Crippen LogP contribution in [0.5, 0.6) is 5.75 Å². The van der Waals surface area contributed by atoms with E-state index in [1.165, 1.54) is 10.4 Å². The third-order valence-electron chi connectivity index (χ3n) is 4.23. The lowest BCUT2D eigenvalue weighted by Gasteiger charge is -2.25. The molecule has 1 atom stereocenters. The average molecular weight is 334 g/mol. The number of benzene rings is 2. The van der Waals surface area contributed by atoms with Gasteiger partial charge in [0.15, 0.2) is 0 Å². The Morgan fingerprint density at radius 2 is 1.79 bits per heavy atom. The molecule has 0 radical (unpaired) electrons. The smallest absolute Gasteiger partial charge is 0.124 e. The molecule has 0 amide bonds. The quantitative estimate of drug-likeness (QED) is 0.662. The van der Waals surface area contributed by atoms with Gasteiger partial charge >= 0.3 is 0 Å². The van der Waals surface area contributed by atoms with Gasteiger partial charge in [-0.15, -0.1) is 11.3 Å². The summed E-state index contributed by atoms with van der Waals surface area (Å²) < 4.78 is 5.59. The molecule has 0 saturated heterocycles. The molecule has 120 valence electrons. The number of thiophene rings is 1. The molecule has 2 heterocycles. The lowest BCUT2D eigenvalue weighted by molar-refractivity contribution is 0.405. The van der Waals surface area contributed by atoms with Crippen molar-refractivity contribution in [2.75, 3.05) is 12.1 Å². The minimum atomic E-state index is 0.139. The van der Waals surface area contributed by atoms with Crippen molar-refractivity contribution in [3.63, 3.8) is 0 Å². The Hall–Kier alpha value is -2.59. The van der Waals surface area contributed by atoms with E-state index in [2.05, 4.69) is 46.8 Å². The Morgan fingerprint density at radius 3 is 2.54 bits per heavy atom. The summed E-state index contributed by atoms with van der Waals surface area (Å²) in [5.41, 5.74) is 3.39. The van der Waals surface area contributed by atoms with Gasteiger partial charge in [-0.2, -0.15) is 5.10 Å². The molecule has 0 saturated carbocycles. The molecule has 0 spiro atoms. The minimum Gasteiger partial charge on any atom is -0.496 e. The molecule has 3 nitrogen and oxygen atoms in total. The highest BCUT2D eigenvalue weighted by Gasteiger charge is 2.31. The predicted molar refractivity (Wildman–Crippen MR) is 100 cm³/mol. The third-order valence-corrected chi connectivity index (χ3v) is 5.15. The van der Waals surface area contributed by atoms with Gasteiger partial charge in [-0.05, 0) is 29.6 Å². The number of hydrogen-bond acceptors (Lipinski definition) is 4. The van der Waals surface area contributed by atoms with Gasteiger partial charge < -0.3 is 4.74 Å². The summed E-state index contributed by atoms with van der Waals surface area (Å²) >= 11 is 1.74. The Morgan fingerprint density at radius 1 is 1.00 bits per heavy atom. The van der Waals surface area contributed by atoms with E-state index in [4.69, 9.17) is 9.84 Å². The predicted octanol–water partition coefficient (Wildman–Crippen LogP) is 5.11. The van der Waals surface area contributed by atoms with Gasteiger partial charge in [0.05, 0.1) is 29.4 Å². The van der Waals surface area contributed by atoms with Gasteiger partial charge in [-0.3, -0.25) is 5.01 Å². The van der Waals surface area contributed by atoms with Crippen LogP contribution in [0.4, 0.5) is 5.69 Å². The number of para-hydroxylation sites is 2. The fourth-order valence-corrected chi connectivity index (χ4v) is 3.83. The fraction of sp³-hybridized carbons (Fsp3) is 0.150. The van der Waals surface area contributed by atoms with Crippen LogP contribution in [0.15, 0.2) is 77.2 Å². The van der Waals surface area contributed by atoms with Crippen LogP contribution in [0, 0.1) is 0 Å². The summed E-state index contributed by atoms with van der Waals surface area (Å²) in [7, 11) is 1.72. The first-order chi connectivity index (χ1) is 11.9. The number of anilines is 1. The van der Waals surface area contributed by atoms with E-state index >= 15 is 0 Å². The van der Waals surface area contributed by atoms with E-state index in [1.54, 1.807) is 18.4 Å². The van der Waals surface area contributed by atoms with Gasteiger partial charge in [0.25, 0.3) is 0 Å². The lowest BCUT2D eigenvalue weighted by Crippen LogP contribution is -2.19. The summed E-state index contributed by atoms with van der Waals surface area (Å²) in [5, 5.41) is 9.16. The molecule has 3 aromatic rings. The third kappa shape index (κ3) is 2.69. The standard InChI is InChI=1S/C20H18N2OS/c1-23-19-11-6-5-10-16(19)18-14-17(20-12-7-13-24-20)21-22(18)15-8-3-2-4-9-15/h2-13,18H,14H2,1H3/t18-/m0/s1. The number of hydrogen-bond donors (Lipinski definition) is 0. The molecule has 4 heteroatoms. The van der Waals surface area contributed by atoms with Crippen LogP contribution >= 0.6 is 11.3 Å². The van der Waals surface area contributed by atoms with Crippen LogP contribution < -0.4 is 9.75 Å². The van der Waals surface area contributed by atoms with Crippen molar-refractivity contribution in [1.82, 2.24) is 0 Å². The van der Waals surface area contributed by atoms with Gasteiger partial charge in [0.2, 0.25) is 0 Å². The van der Waals surface area contributed by atoms with Crippen molar-refractivity contribution in [1.29, 1.82) is 0 Å². The van der Waals surface area contributed by atoms with Crippen molar-refractivity contribution in [2.45, 2.75) is 12.5 Å². The number of methoxy groups -OCH3 is 1. The van der Waals surface area contributed by atoms with E-state index in [-0.39, 0.29) is 6.04 Å². The highest BCUT2D eigenvalue weighted by atomic mass is 32.1. The van der Waals surface area contributed by atoms with Gasteiger partial charge in [-0.25, -0.2) is 0 Å². The molecular formula is C20H18N2OS. The first-order valence-electron chi connectivity index (χ1n) is 7.95. The normalized spacial score (nSPS) is 17.0. The number of nitrogens with zero attached hydrogens (tertiary/aromatic N) is 2. The van der Waals surface area contributed by atoms with Crippen molar-refractivity contribution in [3.05, 3.63) is 82.6 Å². The maximum absolute atomic E-state index is 5.59. The Labute approximate surface area is 145 Å². The molecule has 0 bridgehead atoms. The first-order valence-corrected chi connectivity index (χ1v) is 8.83. The molecule has 4 rings (SSSR count). The van der Waals surface area contributed by atoms with Crippen LogP contribution in [0.1, 0.15) is 22.9 Å². The number of hydrazone groups is 1. The van der Waals surface area contributed by atoms with Gasteiger partial charge in [0, 0.05) is 12.0 Å². The van der Waals surface area contributed by atoms with E-state index in [0.29, 0.717) is 0 Å². The molecule has 0 fully saturated rings. The molecule has 1 aliphatic rings. The SMILES string of the molecule is COc1ccccc1[C@@H]1CC(c2cccs2)=NN1c1ccccc1. The van der Waals surface area contributed by atoms with E-state index in [1.807, 2.05) is 30.3 Å². The zero-order valence-electron chi connectivity index (χ0n) is 13.4. The summed E-state index contributed by atoms with van der Waals surface area (Å²) in [5.74, 6) is 0.908. The maximum atomic E-state index is 5.59. The molecular weight excluding hydrogens is 316 g/mol. The van der Waals surface area contributed by atoms with E-state index in [0.717, 1.165) is 23.6 Å². The van der Waals surface area contributed by atoms with Crippen LogP contribution in [0.25, 0.3) is 0 Å². The van der Waals surface area contributed by atoms with E-state index in [9.17, 15) is 0 Å². The molecule has 0 unspecified atom stereocenters. The second-order valence-corrected chi connectivity index (χ2v) is 6.61. The summed E-state index contributed by atoms with van der Waals surface area (Å²) in [6, 6.07) is 22.9. The van der Waals surface area contributed by atoms with Crippen LogP contribution in [0.2, 0.25) is 0 Å². The first kappa shape index (κ1) is 15.0. The summed E-state index contributed by atoms with van der Waals surface area (Å²) in [6.45, 7) is 0. The van der Waals surface area contributed by atoms with Crippen LogP contribution in [-0.2, 0) is 0 Å². The Balaban J connectivity index is 1.78. The Kier molecular flexibility index (Phi) is 4.05. The van der Waals surface area contributed by atoms with Crippen molar-refractivity contribution < 1.29 is 4.74 Å². The number of ether oxygens (including phenoxy) is 1. The van der Waals surface area contributed by atoms with Crippen LogP contribution in [-0.4, -0.2) is 12.8 Å². The van der Waals surface area contributed by atoms with Crippen molar-refractivity contribution in [3.8, 4) is 5.75 Å².